The van der Waals surface area contributed by atoms with Crippen LogP contribution in [0, 0.1) is 0 Å². The van der Waals surface area contributed by atoms with Gasteiger partial charge in [-0.15, -0.1) is 0 Å². The van der Waals surface area contributed by atoms with Gasteiger partial charge >= 0.3 is 5.97 Å². The van der Waals surface area contributed by atoms with Gasteiger partial charge in [0.15, 0.2) is 6.04 Å². The maximum absolute atomic E-state index is 10.7. The average Bonchev–Trinajstić information content (AvgIpc) is 1.63. The number of carbonyl (C=O) groups is 1. The van der Waals surface area contributed by atoms with E-state index in [1.165, 1.54) is 0 Å². The predicted octanol–water partition coefficient (Wildman–Crippen LogP) is -0.432. The van der Waals surface area contributed by atoms with Gasteiger partial charge in [0.05, 0.1) is 6.10 Å². The Hall–Kier alpha value is -0.570. The fraction of sp³-hybridized carbons (Fsp3) is 0.833. The van der Waals surface area contributed by atoms with Crippen molar-refractivity contribution in [3.63, 3.8) is 0 Å². The van der Waals surface area contributed by atoms with E-state index in [9.17, 15) is 4.79 Å². The van der Waals surface area contributed by atoms with Gasteiger partial charge in [0.2, 0.25) is 0 Å². The summed E-state index contributed by atoms with van der Waals surface area (Å²) in [6.45, 7) is 5.35. The molecule has 0 heterocycles. The summed E-state index contributed by atoms with van der Waals surface area (Å²) in [6, 6.07) is -0.257. The van der Waals surface area contributed by atoms with Crippen LogP contribution >= 0.6 is 0 Å². The van der Waals surface area contributed by atoms with Crippen LogP contribution in [0.25, 0.3) is 0 Å². The number of esters is 1. The summed E-state index contributed by atoms with van der Waals surface area (Å²) < 4.78 is 4.81. The second-order valence-corrected chi connectivity index (χ2v) is 2.39. The molecule has 0 aromatic rings. The molecule has 0 unspecified atom stereocenters. The van der Waals surface area contributed by atoms with Crippen molar-refractivity contribution in [3.05, 3.63) is 0 Å². The third kappa shape index (κ3) is 3.97. The van der Waals surface area contributed by atoms with E-state index in [0.29, 0.717) is 0 Å². The van der Waals surface area contributed by atoms with Gasteiger partial charge in [-0.2, -0.15) is 0 Å². The summed E-state index contributed by atoms with van der Waals surface area (Å²) in [6.07, 6.45) is -0.0262. The van der Waals surface area contributed by atoms with Gasteiger partial charge in [-0.05, 0) is 20.8 Å². The van der Waals surface area contributed by atoms with Crippen LogP contribution < -0.4 is 5.73 Å². The van der Waals surface area contributed by atoms with E-state index >= 15 is 0 Å². The fourth-order valence-corrected chi connectivity index (χ4v) is 0.348. The van der Waals surface area contributed by atoms with Crippen molar-refractivity contribution in [2.24, 2.45) is 0 Å². The Morgan fingerprint density at radius 1 is 1.44 bits per heavy atom. The predicted molar refractivity (Wildman–Crippen MR) is 33.6 cm³/mol. The molecule has 54 valence electrons. The maximum Gasteiger partial charge on any atom is 0.364 e. The molecule has 1 atom stereocenters. The SMILES string of the molecule is CC(C)OC(=O)[C@H](C)[NH3+]. The zero-order chi connectivity index (χ0) is 7.44. The zero-order valence-electron chi connectivity index (χ0n) is 6.18. The third-order valence-corrected chi connectivity index (χ3v) is 0.754. The minimum atomic E-state index is -0.257. The average molecular weight is 132 g/mol. The number of rotatable bonds is 2. The maximum atomic E-state index is 10.7. The van der Waals surface area contributed by atoms with Crippen LogP contribution in [0.2, 0.25) is 0 Å². The van der Waals surface area contributed by atoms with Gasteiger partial charge in [0, 0.05) is 0 Å². The summed E-state index contributed by atoms with van der Waals surface area (Å²) in [5.41, 5.74) is 3.52. The smallest absolute Gasteiger partial charge is 0.364 e. The van der Waals surface area contributed by atoms with Gasteiger partial charge in [-0.25, -0.2) is 4.79 Å². The summed E-state index contributed by atoms with van der Waals surface area (Å²) >= 11 is 0. The van der Waals surface area contributed by atoms with E-state index in [-0.39, 0.29) is 18.1 Å². The van der Waals surface area contributed by atoms with Gasteiger partial charge in [0.1, 0.15) is 0 Å². The summed E-state index contributed by atoms with van der Waals surface area (Å²) in [5.74, 6) is -0.231. The van der Waals surface area contributed by atoms with Crippen molar-refractivity contribution in [1.82, 2.24) is 0 Å². The molecule has 3 N–H and O–H groups in total. The third-order valence-electron chi connectivity index (χ3n) is 0.754. The van der Waals surface area contributed by atoms with E-state index in [2.05, 4.69) is 5.73 Å². The zero-order valence-corrected chi connectivity index (χ0v) is 6.18. The Kier molecular flexibility index (Phi) is 3.24. The molecule has 3 heteroatoms. The Morgan fingerprint density at radius 3 is 2.00 bits per heavy atom. The second-order valence-electron chi connectivity index (χ2n) is 2.39. The summed E-state index contributed by atoms with van der Waals surface area (Å²) in [7, 11) is 0. The second kappa shape index (κ2) is 3.45. The highest BCUT2D eigenvalue weighted by Gasteiger charge is 2.12. The first-order chi connectivity index (χ1) is 4.04. The molecule has 0 aliphatic heterocycles. The largest absolute Gasteiger partial charge is 0.459 e. The quantitative estimate of drug-likeness (QED) is 0.518. The highest BCUT2D eigenvalue weighted by molar-refractivity contribution is 5.73. The van der Waals surface area contributed by atoms with Crippen LogP contribution in [-0.4, -0.2) is 18.1 Å². The fourth-order valence-electron chi connectivity index (χ4n) is 0.348. The molecule has 0 amide bonds. The van der Waals surface area contributed by atoms with E-state index in [1.54, 1.807) is 6.92 Å². The van der Waals surface area contributed by atoms with Crippen LogP contribution in [0.4, 0.5) is 0 Å². The Morgan fingerprint density at radius 2 is 1.89 bits per heavy atom. The van der Waals surface area contributed by atoms with Crippen LogP contribution in [-0.2, 0) is 9.53 Å². The lowest BCUT2D eigenvalue weighted by Crippen LogP contribution is -2.63. The van der Waals surface area contributed by atoms with Crippen LogP contribution in [0.5, 0.6) is 0 Å². The molecule has 0 aliphatic rings. The molecule has 0 radical (unpaired) electrons. The lowest BCUT2D eigenvalue weighted by atomic mass is 10.4. The lowest BCUT2D eigenvalue weighted by Gasteiger charge is -2.07. The number of hydrogen-bond acceptors (Lipinski definition) is 2. The number of hydrogen-bond donors (Lipinski definition) is 1. The highest BCUT2D eigenvalue weighted by Crippen LogP contribution is 1.89. The molecule has 0 spiro atoms. The van der Waals surface area contributed by atoms with E-state index in [1.807, 2.05) is 13.8 Å². The van der Waals surface area contributed by atoms with Crippen LogP contribution in [0.3, 0.4) is 0 Å². The Balaban J connectivity index is 3.51. The molecule has 0 saturated carbocycles. The van der Waals surface area contributed by atoms with Gasteiger partial charge in [-0.3, -0.25) is 0 Å². The summed E-state index contributed by atoms with van der Waals surface area (Å²) in [4.78, 5) is 10.7. The standard InChI is InChI=1S/C6H13NO2/c1-4(2)9-6(8)5(3)7/h4-5H,7H2,1-3H3/p+1/t5-/m0/s1. The van der Waals surface area contributed by atoms with Crippen LogP contribution in [0.1, 0.15) is 20.8 Å². The molecule has 0 rings (SSSR count). The van der Waals surface area contributed by atoms with E-state index in [0.717, 1.165) is 0 Å². The molecule has 3 nitrogen and oxygen atoms in total. The van der Waals surface area contributed by atoms with E-state index < -0.39 is 0 Å². The van der Waals surface area contributed by atoms with Crippen molar-refractivity contribution >= 4 is 5.97 Å². The Labute approximate surface area is 55.2 Å². The van der Waals surface area contributed by atoms with E-state index in [4.69, 9.17) is 4.74 Å². The molecule has 0 bridgehead atoms. The molecular weight excluding hydrogens is 118 g/mol. The van der Waals surface area contributed by atoms with Gasteiger partial charge in [0.25, 0.3) is 0 Å². The molecule has 0 aromatic carbocycles. The van der Waals surface area contributed by atoms with Crippen molar-refractivity contribution in [3.8, 4) is 0 Å². The summed E-state index contributed by atoms with van der Waals surface area (Å²) in [5, 5.41) is 0. The minimum Gasteiger partial charge on any atom is -0.459 e. The number of carbonyl (C=O) groups excluding carboxylic acids is 1. The highest BCUT2D eigenvalue weighted by atomic mass is 16.5. The first kappa shape index (κ1) is 8.43. The van der Waals surface area contributed by atoms with Crippen molar-refractivity contribution < 1.29 is 15.3 Å². The molecule has 0 saturated heterocycles. The molecule has 0 aliphatic carbocycles. The minimum absolute atomic E-state index is 0.0262. The lowest BCUT2D eigenvalue weighted by molar-refractivity contribution is -0.403. The van der Waals surface area contributed by atoms with Crippen LogP contribution in [0.15, 0.2) is 0 Å². The van der Waals surface area contributed by atoms with Crippen molar-refractivity contribution in [2.75, 3.05) is 0 Å². The number of ether oxygens (including phenoxy) is 1. The molecular formula is C6H14NO2+. The molecule has 0 fully saturated rings. The molecule has 0 aromatic heterocycles. The normalized spacial score (nSPS) is 13.4. The number of quaternary nitrogens is 1. The first-order valence-electron chi connectivity index (χ1n) is 3.07. The molecule has 9 heavy (non-hydrogen) atoms. The van der Waals surface area contributed by atoms with Crippen molar-refractivity contribution in [2.45, 2.75) is 32.9 Å². The van der Waals surface area contributed by atoms with Gasteiger partial charge in [-0.1, -0.05) is 0 Å². The monoisotopic (exact) mass is 132 g/mol. The topological polar surface area (TPSA) is 53.9 Å². The first-order valence-corrected chi connectivity index (χ1v) is 3.07. The Bertz CT molecular complexity index is 99.2. The van der Waals surface area contributed by atoms with Gasteiger partial charge < -0.3 is 10.5 Å². The van der Waals surface area contributed by atoms with Crippen molar-refractivity contribution in [1.29, 1.82) is 0 Å².